The molecule has 1 amide bonds. The van der Waals surface area contributed by atoms with Crippen LogP contribution in [-0.4, -0.2) is 53.2 Å². The number of likely N-dealkylation sites (tertiary alicyclic amines) is 1. The summed E-state index contributed by atoms with van der Waals surface area (Å²) < 4.78 is 0. The molecule has 0 radical (unpaired) electrons. The van der Waals surface area contributed by atoms with Crippen molar-refractivity contribution in [2.75, 3.05) is 31.5 Å². The highest BCUT2D eigenvalue weighted by Gasteiger charge is 2.24. The third-order valence-electron chi connectivity index (χ3n) is 4.27. The van der Waals surface area contributed by atoms with Gasteiger partial charge >= 0.3 is 0 Å². The van der Waals surface area contributed by atoms with E-state index in [1.165, 1.54) is 24.6 Å². The van der Waals surface area contributed by atoms with Crippen LogP contribution < -0.4 is 5.32 Å². The van der Waals surface area contributed by atoms with Gasteiger partial charge in [0.15, 0.2) is 5.13 Å². The predicted octanol–water partition coefficient (Wildman–Crippen LogP) is 2.25. The number of carbonyl (C=O) groups excluding carboxylic acids is 1. The van der Waals surface area contributed by atoms with E-state index >= 15 is 0 Å². The molecule has 3 heterocycles. The molecular formula is C16H25N5OS. The fraction of sp³-hybridized carbons (Fsp3) is 0.688. The first kappa shape index (κ1) is 16.4. The Morgan fingerprint density at radius 1 is 1.48 bits per heavy atom. The number of anilines is 1. The molecule has 6 nitrogen and oxygen atoms in total. The van der Waals surface area contributed by atoms with Crippen LogP contribution in [0.2, 0.25) is 0 Å². The molecule has 2 atom stereocenters. The monoisotopic (exact) mass is 335 g/mol. The number of rotatable bonds is 5. The number of aromatic nitrogens is 1. The summed E-state index contributed by atoms with van der Waals surface area (Å²) in [5.74, 6) is 1.21. The standard InChI is InChI=1S/C16H25N5OS/c1-12-6-18-21(8-12)10-14-4-3-5-20(9-14)11-15-7-17-16(23-15)19-13(2)22/h6-7,12,14H,3-5,8-11H2,1-2H3,(H,17,19,22). The number of piperidine rings is 1. The maximum atomic E-state index is 11.1. The smallest absolute Gasteiger partial charge is 0.223 e. The van der Waals surface area contributed by atoms with Gasteiger partial charge in [-0.15, -0.1) is 11.3 Å². The molecule has 0 spiro atoms. The Morgan fingerprint density at radius 3 is 3.09 bits per heavy atom. The number of carbonyl (C=O) groups is 1. The molecule has 3 rings (SSSR count). The second-order valence-electron chi connectivity index (χ2n) is 6.67. The lowest BCUT2D eigenvalue weighted by molar-refractivity contribution is -0.114. The van der Waals surface area contributed by atoms with Crippen molar-refractivity contribution in [3.63, 3.8) is 0 Å². The SMILES string of the molecule is CC(=O)Nc1ncc(CN2CCCC(CN3CC(C)C=N3)C2)s1. The van der Waals surface area contributed by atoms with Gasteiger partial charge in [0.05, 0.1) is 0 Å². The molecule has 1 saturated heterocycles. The Labute approximate surface area is 141 Å². The van der Waals surface area contributed by atoms with Crippen LogP contribution in [0.3, 0.4) is 0 Å². The molecule has 0 aliphatic carbocycles. The average molecular weight is 335 g/mol. The highest BCUT2D eigenvalue weighted by Crippen LogP contribution is 2.24. The number of thiazole rings is 1. The molecule has 2 unspecified atom stereocenters. The van der Waals surface area contributed by atoms with Gasteiger partial charge in [0.25, 0.3) is 0 Å². The Bertz CT molecular complexity index is 573. The number of hydrazone groups is 1. The number of nitrogens with one attached hydrogen (secondary N) is 1. The lowest BCUT2D eigenvalue weighted by Gasteiger charge is -2.34. The lowest BCUT2D eigenvalue weighted by Crippen LogP contribution is -2.39. The molecule has 1 fully saturated rings. The summed E-state index contributed by atoms with van der Waals surface area (Å²) in [5, 5.41) is 10.2. The quantitative estimate of drug-likeness (QED) is 0.896. The third kappa shape index (κ3) is 4.75. The highest BCUT2D eigenvalue weighted by atomic mass is 32.1. The second kappa shape index (κ2) is 7.40. The van der Waals surface area contributed by atoms with E-state index in [4.69, 9.17) is 0 Å². The van der Waals surface area contributed by atoms with Gasteiger partial charge in [0.2, 0.25) is 5.91 Å². The topological polar surface area (TPSA) is 60.8 Å². The number of hydrogen-bond donors (Lipinski definition) is 1. The van der Waals surface area contributed by atoms with Gasteiger partial charge in [-0.3, -0.25) is 14.7 Å². The maximum Gasteiger partial charge on any atom is 0.223 e. The van der Waals surface area contributed by atoms with Gasteiger partial charge in [0.1, 0.15) is 0 Å². The Morgan fingerprint density at radius 2 is 2.35 bits per heavy atom. The highest BCUT2D eigenvalue weighted by molar-refractivity contribution is 7.15. The normalized spacial score (nSPS) is 25.0. The van der Waals surface area contributed by atoms with E-state index in [-0.39, 0.29) is 5.91 Å². The Kier molecular flexibility index (Phi) is 5.27. The van der Waals surface area contributed by atoms with Crippen molar-refractivity contribution in [3.8, 4) is 0 Å². The van der Waals surface area contributed by atoms with Crippen LogP contribution in [0, 0.1) is 11.8 Å². The van der Waals surface area contributed by atoms with Gasteiger partial charge in [-0.05, 0) is 25.3 Å². The van der Waals surface area contributed by atoms with Crippen LogP contribution in [0.5, 0.6) is 0 Å². The van der Waals surface area contributed by atoms with Crippen LogP contribution >= 0.6 is 11.3 Å². The molecule has 1 aromatic rings. The summed E-state index contributed by atoms with van der Waals surface area (Å²) in [4.78, 5) is 19.0. The summed E-state index contributed by atoms with van der Waals surface area (Å²) >= 11 is 1.57. The van der Waals surface area contributed by atoms with E-state index in [2.05, 4.69) is 38.4 Å². The largest absolute Gasteiger partial charge is 0.302 e. The van der Waals surface area contributed by atoms with Crippen LogP contribution in [0.15, 0.2) is 11.3 Å². The van der Waals surface area contributed by atoms with Gasteiger partial charge in [0, 0.05) is 56.3 Å². The first-order chi connectivity index (χ1) is 11.1. The van der Waals surface area contributed by atoms with Gasteiger partial charge in [-0.25, -0.2) is 4.98 Å². The Hall–Kier alpha value is -1.47. The van der Waals surface area contributed by atoms with E-state index < -0.39 is 0 Å². The van der Waals surface area contributed by atoms with Crippen molar-refractivity contribution in [2.45, 2.75) is 33.2 Å². The molecule has 23 heavy (non-hydrogen) atoms. The number of nitrogens with zero attached hydrogens (tertiary/aromatic N) is 4. The maximum absolute atomic E-state index is 11.1. The van der Waals surface area contributed by atoms with Crippen molar-refractivity contribution in [1.82, 2.24) is 14.9 Å². The second-order valence-corrected chi connectivity index (χ2v) is 7.78. The molecule has 1 aromatic heterocycles. The zero-order chi connectivity index (χ0) is 16.2. The van der Waals surface area contributed by atoms with Gasteiger partial charge in [-0.1, -0.05) is 6.92 Å². The molecule has 7 heteroatoms. The minimum atomic E-state index is -0.0654. The molecule has 2 aliphatic heterocycles. The minimum absolute atomic E-state index is 0.0654. The zero-order valence-corrected chi connectivity index (χ0v) is 14.7. The third-order valence-corrected chi connectivity index (χ3v) is 5.17. The van der Waals surface area contributed by atoms with E-state index in [1.54, 1.807) is 11.3 Å². The van der Waals surface area contributed by atoms with Crippen molar-refractivity contribution >= 4 is 28.6 Å². The number of hydrogen-bond acceptors (Lipinski definition) is 6. The first-order valence-electron chi connectivity index (χ1n) is 8.32. The summed E-state index contributed by atoms with van der Waals surface area (Å²) in [5.41, 5.74) is 0. The summed E-state index contributed by atoms with van der Waals surface area (Å²) in [6.07, 6.45) is 6.47. The zero-order valence-electron chi connectivity index (χ0n) is 13.9. The van der Waals surface area contributed by atoms with Crippen LogP contribution in [-0.2, 0) is 11.3 Å². The molecule has 2 aliphatic rings. The number of amides is 1. The van der Waals surface area contributed by atoms with Gasteiger partial charge < -0.3 is 5.32 Å². The van der Waals surface area contributed by atoms with Crippen molar-refractivity contribution < 1.29 is 4.79 Å². The predicted molar refractivity (Wildman–Crippen MR) is 93.6 cm³/mol. The average Bonchev–Trinajstić information content (AvgIpc) is 3.08. The van der Waals surface area contributed by atoms with Crippen molar-refractivity contribution in [1.29, 1.82) is 0 Å². The minimum Gasteiger partial charge on any atom is -0.302 e. The van der Waals surface area contributed by atoms with Crippen LogP contribution in [0.1, 0.15) is 31.6 Å². The lowest BCUT2D eigenvalue weighted by atomic mass is 9.97. The van der Waals surface area contributed by atoms with E-state index in [1.807, 2.05) is 6.20 Å². The van der Waals surface area contributed by atoms with Crippen LogP contribution in [0.25, 0.3) is 0 Å². The molecular weight excluding hydrogens is 310 g/mol. The molecule has 0 aromatic carbocycles. The van der Waals surface area contributed by atoms with Crippen molar-refractivity contribution in [3.05, 3.63) is 11.1 Å². The first-order valence-corrected chi connectivity index (χ1v) is 9.14. The molecule has 0 bridgehead atoms. The molecule has 0 saturated carbocycles. The summed E-state index contributed by atoms with van der Waals surface area (Å²) in [6, 6.07) is 0. The van der Waals surface area contributed by atoms with E-state index in [0.717, 1.165) is 32.7 Å². The summed E-state index contributed by atoms with van der Waals surface area (Å²) in [7, 11) is 0. The van der Waals surface area contributed by atoms with Crippen molar-refractivity contribution in [2.24, 2.45) is 16.9 Å². The van der Waals surface area contributed by atoms with Gasteiger partial charge in [-0.2, -0.15) is 5.10 Å². The fourth-order valence-electron chi connectivity index (χ4n) is 3.31. The molecule has 126 valence electrons. The van der Waals surface area contributed by atoms with Crippen LogP contribution in [0.4, 0.5) is 5.13 Å². The molecule has 1 N–H and O–H groups in total. The van der Waals surface area contributed by atoms with E-state index in [0.29, 0.717) is 17.0 Å². The Balaban J connectivity index is 1.49. The summed E-state index contributed by atoms with van der Waals surface area (Å²) in [6.45, 7) is 9.04. The van der Waals surface area contributed by atoms with E-state index in [9.17, 15) is 4.79 Å². The fourth-order valence-corrected chi connectivity index (χ4v) is 4.21.